The molecule has 6 heterocycles. The van der Waals surface area contributed by atoms with Crippen molar-refractivity contribution in [1.29, 1.82) is 0 Å². The molecule has 7 heteroatoms. The summed E-state index contributed by atoms with van der Waals surface area (Å²) in [6.07, 6.45) is 3.85. The minimum absolute atomic E-state index is 0.625. The van der Waals surface area contributed by atoms with Crippen molar-refractivity contribution in [2.45, 2.75) is 13.0 Å². The average molecular weight is 383 g/mol. The van der Waals surface area contributed by atoms with Crippen LogP contribution in [0.2, 0.25) is 0 Å². The van der Waals surface area contributed by atoms with Crippen LogP contribution in [-0.4, -0.2) is 50.8 Å². The Bertz CT molecular complexity index is 1200. The van der Waals surface area contributed by atoms with Gasteiger partial charge in [0.1, 0.15) is 5.69 Å². The summed E-state index contributed by atoms with van der Waals surface area (Å²) in [7, 11) is 0. The maximum absolute atomic E-state index is 4.92. The van der Waals surface area contributed by atoms with Gasteiger partial charge in [-0.3, -0.25) is 15.1 Å². The molecule has 2 aliphatic rings. The fourth-order valence-electron chi connectivity index (χ4n) is 4.34. The topological polar surface area (TPSA) is 82.6 Å². The van der Waals surface area contributed by atoms with Crippen LogP contribution in [0.3, 0.4) is 0 Å². The van der Waals surface area contributed by atoms with Crippen LogP contribution < -0.4 is 10.2 Å². The van der Waals surface area contributed by atoms with E-state index in [0.29, 0.717) is 6.04 Å². The van der Waals surface area contributed by atoms with Gasteiger partial charge in [0.05, 0.1) is 34.3 Å². The highest BCUT2D eigenvalue weighted by Crippen LogP contribution is 2.31. The van der Waals surface area contributed by atoms with Crippen molar-refractivity contribution in [2.24, 2.45) is 5.92 Å². The van der Waals surface area contributed by atoms with E-state index in [1.807, 2.05) is 49.6 Å². The van der Waals surface area contributed by atoms with Crippen molar-refractivity contribution in [3.63, 3.8) is 0 Å². The van der Waals surface area contributed by atoms with Gasteiger partial charge in [0, 0.05) is 49.0 Å². The highest BCUT2D eigenvalue weighted by molar-refractivity contribution is 5.84. The number of aryl methyl sites for hydroxylation is 1. The summed E-state index contributed by atoms with van der Waals surface area (Å²) in [6.45, 7) is 5.25. The summed E-state index contributed by atoms with van der Waals surface area (Å²) in [5.74, 6) is 0.764. The molecule has 144 valence electrons. The summed E-state index contributed by atoms with van der Waals surface area (Å²) in [4.78, 5) is 16.6. The molecule has 0 spiro atoms. The summed E-state index contributed by atoms with van der Waals surface area (Å²) >= 11 is 0. The summed E-state index contributed by atoms with van der Waals surface area (Å²) in [5, 5.41) is 10.9. The summed E-state index contributed by atoms with van der Waals surface area (Å²) < 4.78 is 0. The predicted molar refractivity (Wildman–Crippen MR) is 113 cm³/mol. The number of aromatic nitrogens is 5. The lowest BCUT2D eigenvalue weighted by atomic mass is 9.96. The fourth-order valence-corrected chi connectivity index (χ4v) is 4.34. The minimum atomic E-state index is 0.625. The van der Waals surface area contributed by atoms with Gasteiger partial charge in [0.2, 0.25) is 0 Å². The first-order valence-electron chi connectivity index (χ1n) is 9.98. The highest BCUT2D eigenvalue weighted by Gasteiger charge is 2.39. The number of fused-ring (bicyclic) bond motifs is 2. The van der Waals surface area contributed by atoms with E-state index >= 15 is 0 Å². The molecule has 0 saturated carbocycles. The number of nitrogens with zero attached hydrogens (tertiary/aromatic N) is 5. The van der Waals surface area contributed by atoms with Crippen molar-refractivity contribution in [3.8, 4) is 22.6 Å². The Labute approximate surface area is 168 Å². The Morgan fingerprint density at radius 3 is 2.79 bits per heavy atom. The second kappa shape index (κ2) is 6.35. The molecule has 6 rings (SSSR count). The summed E-state index contributed by atoms with van der Waals surface area (Å²) in [5.41, 5.74) is 7.37. The molecule has 7 nitrogen and oxygen atoms in total. The third kappa shape index (κ3) is 2.77. The number of nitrogens with one attached hydrogen (secondary N) is 2. The molecule has 2 atom stereocenters. The monoisotopic (exact) mass is 383 g/mol. The standard InChI is InChI=1S/C22H21N7/c1-13-3-2-4-19(26-13)22-16(10-25-28-22)17-5-6-18-20(27-17)7-15(9-24-18)29-11-14-8-23-21(14)12-29/h2-7,9-10,14,21,23H,8,11-12H2,1H3,(H,25,28). The second-order valence-electron chi connectivity index (χ2n) is 7.92. The highest BCUT2D eigenvalue weighted by atomic mass is 15.2. The first kappa shape index (κ1) is 16.6. The zero-order valence-electron chi connectivity index (χ0n) is 16.1. The Kier molecular flexibility index (Phi) is 3.64. The van der Waals surface area contributed by atoms with Gasteiger partial charge < -0.3 is 10.2 Å². The zero-order chi connectivity index (χ0) is 19.4. The van der Waals surface area contributed by atoms with Crippen molar-refractivity contribution < 1.29 is 0 Å². The van der Waals surface area contributed by atoms with E-state index < -0.39 is 0 Å². The molecule has 0 bridgehead atoms. The number of H-pyrrole nitrogens is 1. The van der Waals surface area contributed by atoms with Gasteiger partial charge in [-0.1, -0.05) is 6.07 Å². The van der Waals surface area contributed by atoms with E-state index in [2.05, 4.69) is 36.4 Å². The lowest BCUT2D eigenvalue weighted by Gasteiger charge is -2.29. The van der Waals surface area contributed by atoms with Gasteiger partial charge in [-0.2, -0.15) is 5.10 Å². The number of rotatable bonds is 3. The summed E-state index contributed by atoms with van der Waals surface area (Å²) in [6, 6.07) is 12.8. The molecule has 0 aliphatic carbocycles. The van der Waals surface area contributed by atoms with Crippen molar-refractivity contribution in [1.82, 2.24) is 30.5 Å². The Morgan fingerprint density at radius 2 is 2.00 bits per heavy atom. The largest absolute Gasteiger partial charge is 0.368 e. The molecule has 0 aromatic carbocycles. The second-order valence-corrected chi connectivity index (χ2v) is 7.92. The maximum atomic E-state index is 4.92. The van der Waals surface area contributed by atoms with Crippen LogP contribution in [0.1, 0.15) is 5.69 Å². The molecule has 29 heavy (non-hydrogen) atoms. The van der Waals surface area contributed by atoms with Crippen LogP contribution in [0.5, 0.6) is 0 Å². The molecule has 2 saturated heterocycles. The molecular weight excluding hydrogens is 362 g/mol. The third-order valence-electron chi connectivity index (χ3n) is 6.02. The molecule has 4 aromatic heterocycles. The average Bonchev–Trinajstić information content (AvgIpc) is 3.32. The van der Waals surface area contributed by atoms with Gasteiger partial charge in [0.15, 0.2) is 0 Å². The minimum Gasteiger partial charge on any atom is -0.368 e. The van der Waals surface area contributed by atoms with Crippen LogP contribution in [-0.2, 0) is 0 Å². The van der Waals surface area contributed by atoms with Crippen LogP contribution in [0.15, 0.2) is 48.8 Å². The molecule has 0 radical (unpaired) electrons. The Morgan fingerprint density at radius 1 is 1.03 bits per heavy atom. The molecule has 2 fully saturated rings. The van der Waals surface area contributed by atoms with Gasteiger partial charge in [-0.25, -0.2) is 4.98 Å². The molecule has 2 N–H and O–H groups in total. The molecule has 4 aromatic rings. The van der Waals surface area contributed by atoms with Crippen molar-refractivity contribution in [2.75, 3.05) is 24.5 Å². The van der Waals surface area contributed by atoms with E-state index in [1.54, 1.807) is 0 Å². The third-order valence-corrected chi connectivity index (χ3v) is 6.02. The van der Waals surface area contributed by atoms with Gasteiger partial charge in [-0.05, 0) is 37.3 Å². The van der Waals surface area contributed by atoms with Crippen molar-refractivity contribution in [3.05, 3.63) is 54.5 Å². The lowest BCUT2D eigenvalue weighted by Crippen LogP contribution is -2.51. The fraction of sp³-hybridized carbons (Fsp3) is 0.273. The van der Waals surface area contributed by atoms with Gasteiger partial charge in [0.25, 0.3) is 0 Å². The zero-order valence-corrected chi connectivity index (χ0v) is 16.1. The van der Waals surface area contributed by atoms with Crippen LogP contribution in [0.25, 0.3) is 33.7 Å². The van der Waals surface area contributed by atoms with Crippen LogP contribution in [0.4, 0.5) is 5.69 Å². The predicted octanol–water partition coefficient (Wildman–Crippen LogP) is 2.80. The van der Waals surface area contributed by atoms with E-state index in [9.17, 15) is 0 Å². The molecule has 2 aliphatic heterocycles. The quantitative estimate of drug-likeness (QED) is 0.566. The molecular formula is C22H21N7. The van der Waals surface area contributed by atoms with E-state index in [1.165, 1.54) is 0 Å². The van der Waals surface area contributed by atoms with Gasteiger partial charge in [-0.15, -0.1) is 0 Å². The molecule has 0 amide bonds. The molecule has 2 unspecified atom stereocenters. The number of anilines is 1. The SMILES string of the molecule is Cc1cccc(-c2n[nH]cc2-c2ccc3ncc(N4CC5CNC5C4)cc3n2)n1. The van der Waals surface area contributed by atoms with Crippen LogP contribution in [0, 0.1) is 12.8 Å². The lowest BCUT2D eigenvalue weighted by molar-refractivity contribution is 0.297. The Hall–Kier alpha value is -3.32. The van der Waals surface area contributed by atoms with Gasteiger partial charge >= 0.3 is 0 Å². The van der Waals surface area contributed by atoms with Crippen LogP contribution >= 0.6 is 0 Å². The first-order chi connectivity index (χ1) is 14.2. The maximum Gasteiger partial charge on any atom is 0.120 e. The van der Waals surface area contributed by atoms with E-state index in [0.717, 1.165) is 70.6 Å². The Balaban J connectivity index is 1.39. The van der Waals surface area contributed by atoms with Crippen molar-refractivity contribution >= 4 is 16.7 Å². The number of hydrogen-bond acceptors (Lipinski definition) is 6. The number of hydrogen-bond donors (Lipinski definition) is 2. The smallest absolute Gasteiger partial charge is 0.120 e. The number of pyridine rings is 3. The first-order valence-corrected chi connectivity index (χ1v) is 9.98. The van der Waals surface area contributed by atoms with E-state index in [-0.39, 0.29) is 0 Å². The normalized spacial score (nSPS) is 20.7. The van der Waals surface area contributed by atoms with E-state index in [4.69, 9.17) is 4.98 Å². The number of aromatic amines is 1.